The van der Waals surface area contributed by atoms with Crippen LogP contribution in [0.25, 0.3) is 6.08 Å². The number of nitrogens with one attached hydrogen (secondary N) is 1. The molecule has 2 unspecified atom stereocenters. The van der Waals surface area contributed by atoms with Gasteiger partial charge >= 0.3 is 0 Å². The van der Waals surface area contributed by atoms with E-state index in [1.165, 1.54) is 0 Å². The number of fused-ring (bicyclic) bond motifs is 3. The molecule has 0 spiro atoms. The van der Waals surface area contributed by atoms with Crippen LogP contribution in [0.15, 0.2) is 30.5 Å². The van der Waals surface area contributed by atoms with Gasteiger partial charge in [0.25, 0.3) is 0 Å². The minimum Gasteiger partial charge on any atom is -0.306 e. The highest BCUT2D eigenvalue weighted by molar-refractivity contribution is 6.15. The summed E-state index contributed by atoms with van der Waals surface area (Å²) in [6, 6.07) is 8.08. The summed E-state index contributed by atoms with van der Waals surface area (Å²) in [5, 5.41) is 8.52. The molecule has 1 amide bonds. The zero-order valence-corrected chi connectivity index (χ0v) is 11.5. The van der Waals surface area contributed by atoms with Crippen molar-refractivity contribution in [3.63, 3.8) is 0 Å². The summed E-state index contributed by atoms with van der Waals surface area (Å²) in [6.07, 6.45) is 3.82. The summed E-state index contributed by atoms with van der Waals surface area (Å²) in [7, 11) is 0. The Kier molecular flexibility index (Phi) is 2.43. The minimum absolute atomic E-state index is 0.0319. The third-order valence-electron chi connectivity index (χ3n) is 4.44. The molecule has 1 fully saturated rings. The molecular formula is C16H18N2O. The molecule has 3 rings (SSSR count). The van der Waals surface area contributed by atoms with Gasteiger partial charge in [-0.05, 0) is 30.0 Å². The van der Waals surface area contributed by atoms with Gasteiger partial charge in [-0.3, -0.25) is 4.79 Å². The van der Waals surface area contributed by atoms with Crippen molar-refractivity contribution in [2.75, 3.05) is 0 Å². The smallest absolute Gasteiger partial charge is 0.236 e. The van der Waals surface area contributed by atoms with Gasteiger partial charge in [0.15, 0.2) is 0 Å². The molecule has 19 heavy (non-hydrogen) atoms. The molecule has 98 valence electrons. The van der Waals surface area contributed by atoms with Gasteiger partial charge < -0.3 is 10.3 Å². The molecule has 2 heterocycles. The van der Waals surface area contributed by atoms with Crippen LogP contribution in [0.5, 0.6) is 0 Å². The molecular weight excluding hydrogens is 236 g/mol. The number of amides is 1. The third-order valence-corrected chi connectivity index (χ3v) is 4.44. The van der Waals surface area contributed by atoms with Crippen LogP contribution in [0.4, 0.5) is 0 Å². The van der Waals surface area contributed by atoms with Crippen LogP contribution < -0.4 is 0 Å². The lowest BCUT2D eigenvalue weighted by Gasteiger charge is -2.43. The number of benzene rings is 1. The second-order valence-electron chi connectivity index (χ2n) is 5.67. The third kappa shape index (κ3) is 1.28. The first kappa shape index (κ1) is 12.2. The summed E-state index contributed by atoms with van der Waals surface area (Å²) >= 11 is 0. The van der Waals surface area contributed by atoms with Gasteiger partial charge in [-0.1, -0.05) is 38.1 Å². The Morgan fingerprint density at radius 3 is 2.68 bits per heavy atom. The number of carbonyl (C=O) groups is 1. The van der Waals surface area contributed by atoms with Crippen molar-refractivity contribution in [3.8, 4) is 0 Å². The van der Waals surface area contributed by atoms with E-state index in [0.717, 1.165) is 11.1 Å². The maximum absolute atomic E-state index is 12.4. The minimum atomic E-state index is -0.595. The Balaban J connectivity index is 2.34. The lowest BCUT2D eigenvalue weighted by molar-refractivity contribution is -0.131. The largest absolute Gasteiger partial charge is 0.306 e. The van der Waals surface area contributed by atoms with Crippen LogP contribution in [-0.4, -0.2) is 16.5 Å². The summed E-state index contributed by atoms with van der Waals surface area (Å²) in [5.41, 5.74) is 2.11. The Morgan fingerprint density at radius 2 is 2.00 bits per heavy atom. The summed E-state index contributed by atoms with van der Waals surface area (Å²) < 4.78 is 0. The van der Waals surface area contributed by atoms with E-state index < -0.39 is 5.54 Å². The fourth-order valence-corrected chi connectivity index (χ4v) is 3.48. The van der Waals surface area contributed by atoms with Gasteiger partial charge in [0.1, 0.15) is 5.54 Å². The van der Waals surface area contributed by atoms with Gasteiger partial charge in [0.2, 0.25) is 5.91 Å². The van der Waals surface area contributed by atoms with E-state index in [0.29, 0.717) is 5.71 Å². The average Bonchev–Trinajstić information content (AvgIpc) is 2.61. The highest BCUT2D eigenvalue weighted by Crippen LogP contribution is 2.48. The van der Waals surface area contributed by atoms with Crippen molar-refractivity contribution in [2.24, 2.45) is 11.8 Å². The second kappa shape index (κ2) is 3.80. The molecule has 2 aliphatic rings. The molecule has 0 bridgehead atoms. The fourth-order valence-electron chi connectivity index (χ4n) is 3.48. The first-order valence-electron chi connectivity index (χ1n) is 6.71. The summed E-state index contributed by atoms with van der Waals surface area (Å²) in [4.78, 5) is 14.2. The molecule has 0 aromatic heterocycles. The topological polar surface area (TPSA) is 44.2 Å². The quantitative estimate of drug-likeness (QED) is 0.822. The average molecular weight is 254 g/mol. The molecule has 1 saturated heterocycles. The first-order valence-corrected chi connectivity index (χ1v) is 6.71. The van der Waals surface area contributed by atoms with Gasteiger partial charge in [0, 0.05) is 6.20 Å². The summed E-state index contributed by atoms with van der Waals surface area (Å²) in [6.45, 7) is 6.01. The van der Waals surface area contributed by atoms with Crippen molar-refractivity contribution >= 4 is 17.7 Å². The number of hydrogen-bond acceptors (Lipinski definition) is 2. The molecule has 0 aliphatic carbocycles. The Labute approximate surface area is 113 Å². The van der Waals surface area contributed by atoms with Crippen molar-refractivity contribution in [1.82, 2.24) is 4.90 Å². The van der Waals surface area contributed by atoms with Crippen LogP contribution in [0.1, 0.15) is 31.9 Å². The van der Waals surface area contributed by atoms with Crippen molar-refractivity contribution in [2.45, 2.75) is 26.3 Å². The highest BCUT2D eigenvalue weighted by atomic mass is 16.2. The molecule has 0 saturated carbocycles. The molecule has 1 N–H and O–H groups in total. The fraction of sp³-hybridized carbons (Fsp3) is 0.375. The number of rotatable bonds is 1. The molecule has 3 nitrogen and oxygen atoms in total. The predicted molar refractivity (Wildman–Crippen MR) is 75.7 cm³/mol. The van der Waals surface area contributed by atoms with Gasteiger partial charge in [-0.2, -0.15) is 0 Å². The highest BCUT2D eigenvalue weighted by Gasteiger charge is 2.57. The monoisotopic (exact) mass is 254 g/mol. The molecule has 1 aromatic rings. The lowest BCUT2D eigenvalue weighted by Crippen LogP contribution is -2.50. The van der Waals surface area contributed by atoms with Crippen LogP contribution in [0, 0.1) is 17.2 Å². The van der Waals surface area contributed by atoms with Crippen LogP contribution in [-0.2, 0) is 10.3 Å². The normalized spacial score (nSPS) is 28.8. The predicted octanol–water partition coefficient (Wildman–Crippen LogP) is 3.02. The Bertz CT molecular complexity index is 603. The molecule has 3 heteroatoms. The van der Waals surface area contributed by atoms with E-state index in [-0.39, 0.29) is 17.7 Å². The van der Waals surface area contributed by atoms with E-state index in [9.17, 15) is 4.79 Å². The molecule has 1 aromatic carbocycles. The Morgan fingerprint density at radius 1 is 1.32 bits per heavy atom. The molecule has 0 radical (unpaired) electrons. The van der Waals surface area contributed by atoms with Gasteiger partial charge in [-0.25, -0.2) is 0 Å². The number of carbonyl (C=O) groups excluding carboxylic acids is 1. The number of nitrogens with zero attached hydrogens (tertiary/aromatic N) is 1. The number of hydrogen-bond donors (Lipinski definition) is 1. The SMILES string of the molecule is CC1C(=N)C2(C(C)C)c3ccccc3C=CN2C1=O. The van der Waals surface area contributed by atoms with E-state index in [4.69, 9.17) is 5.41 Å². The van der Waals surface area contributed by atoms with Gasteiger partial charge in [-0.15, -0.1) is 0 Å². The molecule has 2 aliphatic heterocycles. The maximum Gasteiger partial charge on any atom is 0.236 e. The zero-order valence-electron chi connectivity index (χ0n) is 11.5. The van der Waals surface area contributed by atoms with E-state index >= 15 is 0 Å². The van der Waals surface area contributed by atoms with Gasteiger partial charge in [0.05, 0.1) is 11.6 Å². The van der Waals surface area contributed by atoms with E-state index in [2.05, 4.69) is 13.8 Å². The maximum atomic E-state index is 12.4. The summed E-state index contributed by atoms with van der Waals surface area (Å²) in [5.74, 6) is -0.136. The lowest BCUT2D eigenvalue weighted by atomic mass is 9.72. The van der Waals surface area contributed by atoms with Crippen LogP contribution in [0.2, 0.25) is 0 Å². The van der Waals surface area contributed by atoms with Crippen molar-refractivity contribution < 1.29 is 4.79 Å². The zero-order chi connectivity index (χ0) is 13.8. The van der Waals surface area contributed by atoms with Crippen molar-refractivity contribution in [1.29, 1.82) is 5.41 Å². The second-order valence-corrected chi connectivity index (χ2v) is 5.67. The Hall–Kier alpha value is -1.90. The molecule has 2 atom stereocenters. The van der Waals surface area contributed by atoms with E-state index in [1.54, 1.807) is 4.90 Å². The van der Waals surface area contributed by atoms with Crippen LogP contribution >= 0.6 is 0 Å². The van der Waals surface area contributed by atoms with Crippen LogP contribution in [0.3, 0.4) is 0 Å². The first-order chi connectivity index (χ1) is 9.01. The standard InChI is InChI=1S/C16H18N2O/c1-10(2)16-13-7-5-4-6-12(13)8-9-18(16)15(19)11(3)14(16)17/h4-11,17H,1-3H3. The van der Waals surface area contributed by atoms with E-state index in [1.807, 2.05) is 43.5 Å². The van der Waals surface area contributed by atoms with Crippen molar-refractivity contribution in [3.05, 3.63) is 41.6 Å².